The van der Waals surface area contributed by atoms with Gasteiger partial charge >= 0.3 is 5.97 Å². The van der Waals surface area contributed by atoms with Crippen LogP contribution in [0.2, 0.25) is 0 Å². The molecule has 5 rings (SSSR count). The zero-order valence-corrected chi connectivity index (χ0v) is 20.2. The van der Waals surface area contributed by atoms with E-state index in [0.29, 0.717) is 29.6 Å². The molecule has 0 radical (unpaired) electrons. The van der Waals surface area contributed by atoms with E-state index in [2.05, 4.69) is 47.7 Å². The summed E-state index contributed by atoms with van der Waals surface area (Å²) in [6, 6.07) is 8.21. The summed E-state index contributed by atoms with van der Waals surface area (Å²) in [5.41, 5.74) is 2.86. The Morgan fingerprint density at radius 3 is 2.69 bits per heavy atom. The fourth-order valence-electron chi connectivity index (χ4n) is 5.91. The van der Waals surface area contributed by atoms with Crippen LogP contribution >= 0.6 is 0 Å². The van der Waals surface area contributed by atoms with Crippen LogP contribution in [0.3, 0.4) is 0 Å². The Morgan fingerprint density at radius 1 is 1.26 bits per heavy atom. The van der Waals surface area contributed by atoms with Gasteiger partial charge in [0.2, 0.25) is 0 Å². The molecule has 5 nitrogen and oxygen atoms in total. The van der Waals surface area contributed by atoms with Crippen molar-refractivity contribution >= 4 is 17.4 Å². The van der Waals surface area contributed by atoms with Gasteiger partial charge in [0.15, 0.2) is 0 Å². The Kier molecular flexibility index (Phi) is 6.67. The second kappa shape index (κ2) is 9.87. The first-order valence-electron chi connectivity index (χ1n) is 12.7. The van der Waals surface area contributed by atoms with Crippen molar-refractivity contribution in [2.75, 3.05) is 0 Å². The van der Waals surface area contributed by atoms with E-state index in [1.807, 2.05) is 12.1 Å². The summed E-state index contributed by atoms with van der Waals surface area (Å²) in [5, 5.41) is 18.7. The number of aliphatic carboxylic acids is 1. The van der Waals surface area contributed by atoms with Crippen LogP contribution in [0.1, 0.15) is 56.6 Å². The minimum absolute atomic E-state index is 0.140. The number of carboxylic acid groups (broad SMARTS) is 1. The van der Waals surface area contributed by atoms with Gasteiger partial charge < -0.3 is 14.9 Å². The maximum atomic E-state index is 10.8. The number of aliphatic hydroxyl groups is 1. The maximum absolute atomic E-state index is 10.8. The van der Waals surface area contributed by atoms with E-state index in [1.165, 1.54) is 0 Å². The van der Waals surface area contributed by atoms with E-state index in [4.69, 9.17) is 9.84 Å². The van der Waals surface area contributed by atoms with Gasteiger partial charge in [-0.05, 0) is 80.9 Å². The Balaban J connectivity index is 1.14. The molecule has 4 unspecified atom stereocenters. The molecule has 0 amide bonds. The van der Waals surface area contributed by atoms with Crippen molar-refractivity contribution in [3.05, 3.63) is 66.1 Å². The summed E-state index contributed by atoms with van der Waals surface area (Å²) < 4.78 is 6.01. The van der Waals surface area contributed by atoms with Gasteiger partial charge in [0.25, 0.3) is 0 Å². The molecular formula is C30H33NO4. The van der Waals surface area contributed by atoms with E-state index in [-0.39, 0.29) is 12.3 Å². The highest BCUT2D eigenvalue weighted by atomic mass is 16.5. The van der Waals surface area contributed by atoms with Crippen LogP contribution in [-0.2, 0) is 9.53 Å². The van der Waals surface area contributed by atoms with E-state index in [9.17, 15) is 9.90 Å². The average molecular weight is 472 g/mol. The third-order valence-corrected chi connectivity index (χ3v) is 7.98. The highest BCUT2D eigenvalue weighted by Crippen LogP contribution is 2.60. The molecule has 0 bridgehead atoms. The molecule has 7 atom stereocenters. The summed E-state index contributed by atoms with van der Waals surface area (Å²) in [7, 11) is 0. The highest BCUT2D eigenvalue weighted by molar-refractivity contribution is 5.89. The number of aliphatic hydroxyl groups excluding tert-OH is 1. The lowest BCUT2D eigenvalue weighted by atomic mass is 9.87. The van der Waals surface area contributed by atoms with Gasteiger partial charge in [0, 0.05) is 41.3 Å². The second-order valence-corrected chi connectivity index (χ2v) is 10.5. The van der Waals surface area contributed by atoms with Gasteiger partial charge in [-0.2, -0.15) is 0 Å². The van der Waals surface area contributed by atoms with Crippen molar-refractivity contribution in [2.45, 2.75) is 51.6 Å². The first-order valence-corrected chi connectivity index (χ1v) is 12.7. The molecule has 2 fully saturated rings. The number of benzene rings is 1. The molecular weight excluding hydrogens is 438 g/mol. The van der Waals surface area contributed by atoms with Crippen molar-refractivity contribution in [1.29, 1.82) is 0 Å². The van der Waals surface area contributed by atoms with Crippen LogP contribution in [0.5, 0.6) is 0 Å². The Labute approximate surface area is 207 Å². The number of ether oxygens (including phenoxy) is 1. The number of fused-ring (bicyclic) bond motifs is 1. The van der Waals surface area contributed by atoms with Crippen LogP contribution in [-0.4, -0.2) is 28.0 Å². The second-order valence-electron chi connectivity index (χ2n) is 10.5. The van der Waals surface area contributed by atoms with Crippen molar-refractivity contribution < 1.29 is 19.7 Å². The molecule has 0 saturated heterocycles. The SMILES string of the molecule is C=C1OC(c2ccc(C#CC3[C@H]4CC(CCC(=O)O)C[C@@H]34)cc2)=CC1CC1C=CN=C([C@H](C)O)C1. The zero-order valence-electron chi connectivity index (χ0n) is 20.2. The van der Waals surface area contributed by atoms with Crippen LogP contribution in [0.25, 0.3) is 5.76 Å². The molecule has 5 heteroatoms. The molecule has 182 valence electrons. The fourth-order valence-corrected chi connectivity index (χ4v) is 5.91. The van der Waals surface area contributed by atoms with Gasteiger partial charge in [-0.25, -0.2) is 0 Å². The van der Waals surface area contributed by atoms with Gasteiger partial charge in [-0.1, -0.05) is 36.6 Å². The third kappa shape index (κ3) is 5.44. The molecule has 1 aromatic carbocycles. The smallest absolute Gasteiger partial charge is 0.303 e. The molecule has 2 aliphatic heterocycles. The summed E-state index contributed by atoms with van der Waals surface area (Å²) >= 11 is 0. The lowest BCUT2D eigenvalue weighted by molar-refractivity contribution is -0.137. The molecule has 0 aromatic heterocycles. The molecule has 35 heavy (non-hydrogen) atoms. The summed E-state index contributed by atoms with van der Waals surface area (Å²) in [4.78, 5) is 15.1. The fraction of sp³-hybridized carbons (Fsp3) is 0.467. The van der Waals surface area contributed by atoms with Crippen LogP contribution in [0.15, 0.2) is 59.9 Å². The Bertz CT molecular complexity index is 1140. The minimum Gasteiger partial charge on any atom is -0.481 e. The van der Waals surface area contributed by atoms with Crippen molar-refractivity contribution in [3.8, 4) is 11.8 Å². The molecule has 2 saturated carbocycles. The monoisotopic (exact) mass is 471 g/mol. The third-order valence-electron chi connectivity index (χ3n) is 7.98. The number of aliphatic imine (C=N–C) groups is 1. The minimum atomic E-state index is -0.688. The number of nitrogens with zero attached hydrogens (tertiary/aromatic N) is 1. The van der Waals surface area contributed by atoms with Crippen LogP contribution in [0, 0.1) is 47.3 Å². The normalized spacial score (nSPS) is 31.5. The number of allylic oxidation sites excluding steroid dienone is 2. The first kappa shape index (κ1) is 23.6. The van der Waals surface area contributed by atoms with Crippen molar-refractivity contribution in [3.63, 3.8) is 0 Å². The largest absolute Gasteiger partial charge is 0.481 e. The summed E-state index contributed by atoms with van der Waals surface area (Å²) in [5.74, 6) is 10.6. The number of carbonyl (C=O) groups is 1. The topological polar surface area (TPSA) is 79.1 Å². The number of rotatable bonds is 7. The summed E-state index contributed by atoms with van der Waals surface area (Å²) in [6.07, 6.45) is 10.5. The molecule has 2 N–H and O–H groups in total. The van der Waals surface area contributed by atoms with E-state index < -0.39 is 12.1 Å². The lowest BCUT2D eigenvalue weighted by Crippen LogP contribution is -2.22. The van der Waals surface area contributed by atoms with Crippen LogP contribution < -0.4 is 0 Å². The van der Waals surface area contributed by atoms with Crippen LogP contribution in [0.4, 0.5) is 0 Å². The van der Waals surface area contributed by atoms with Crippen molar-refractivity contribution in [2.24, 2.45) is 40.5 Å². The maximum Gasteiger partial charge on any atom is 0.303 e. The number of hydrogen-bond acceptors (Lipinski definition) is 4. The number of hydrogen-bond donors (Lipinski definition) is 2. The first-order chi connectivity index (χ1) is 16.9. The van der Waals surface area contributed by atoms with Gasteiger partial charge in [0.1, 0.15) is 11.5 Å². The Hall–Kier alpha value is -3.10. The van der Waals surface area contributed by atoms with Gasteiger partial charge in [0.05, 0.1) is 6.10 Å². The standard InChI is InChI=1S/C30H33NO4/c1-18(32)28-16-22(11-12-31-28)13-24-17-29(35-19(24)2)23-7-3-20(4-8-23)5-9-25-26-14-21(15-27(25)26)6-10-30(33)34/h3-4,7-8,11-12,17-18,21-22,24-27,32H,2,6,10,13-16H2,1H3,(H,33,34)/t18-,21?,22?,24?,25?,26-,27+/m0/s1. The van der Waals surface area contributed by atoms with E-state index in [0.717, 1.165) is 60.5 Å². The molecule has 2 aliphatic carbocycles. The molecule has 1 aromatic rings. The molecule has 0 spiro atoms. The predicted molar refractivity (Wildman–Crippen MR) is 136 cm³/mol. The quantitative estimate of drug-likeness (QED) is 0.521. The molecule has 4 aliphatic rings. The highest BCUT2D eigenvalue weighted by Gasteiger charge is 2.54. The van der Waals surface area contributed by atoms with E-state index >= 15 is 0 Å². The van der Waals surface area contributed by atoms with E-state index in [1.54, 1.807) is 13.1 Å². The van der Waals surface area contributed by atoms with Crippen molar-refractivity contribution in [1.82, 2.24) is 0 Å². The van der Waals surface area contributed by atoms with Gasteiger partial charge in [-0.3, -0.25) is 9.79 Å². The lowest BCUT2D eigenvalue weighted by Gasteiger charge is -2.21. The Morgan fingerprint density at radius 2 is 2.00 bits per heavy atom. The predicted octanol–water partition coefficient (Wildman–Crippen LogP) is 5.42. The number of carboxylic acids is 1. The molecule has 2 heterocycles. The summed E-state index contributed by atoms with van der Waals surface area (Å²) in [6.45, 7) is 5.89. The zero-order chi connectivity index (χ0) is 24.5. The average Bonchev–Trinajstić information content (AvgIpc) is 3.13. The van der Waals surface area contributed by atoms with Gasteiger partial charge in [-0.15, -0.1) is 0 Å².